The number of hydrogen-bond donors (Lipinski definition) is 2. The minimum absolute atomic E-state index is 0.0690. The van der Waals surface area contributed by atoms with Crippen LogP contribution in [-0.4, -0.2) is 25.2 Å². The molecule has 0 amide bonds. The van der Waals surface area contributed by atoms with Crippen LogP contribution >= 0.6 is 23.2 Å². The van der Waals surface area contributed by atoms with Crippen molar-refractivity contribution < 1.29 is 8.42 Å². The van der Waals surface area contributed by atoms with Gasteiger partial charge in [-0.15, -0.1) is 0 Å². The SMILES string of the molecule is Cc1[nH]ncc1CCCNS(=O)(=O)c1cc(Cl)cc(Cl)c1. The van der Waals surface area contributed by atoms with E-state index in [1.54, 1.807) is 6.20 Å². The van der Waals surface area contributed by atoms with E-state index in [-0.39, 0.29) is 14.9 Å². The van der Waals surface area contributed by atoms with Crippen molar-refractivity contribution in [1.82, 2.24) is 14.9 Å². The molecule has 0 bridgehead atoms. The topological polar surface area (TPSA) is 74.8 Å². The van der Waals surface area contributed by atoms with E-state index in [0.717, 1.165) is 17.7 Å². The van der Waals surface area contributed by atoms with Crippen molar-refractivity contribution in [3.8, 4) is 0 Å². The standard InChI is InChI=1S/C13H15Cl2N3O2S/c1-9-10(8-16-18-9)3-2-4-17-21(19,20)13-6-11(14)5-12(15)7-13/h5-8,17H,2-4H2,1H3,(H,16,18). The van der Waals surface area contributed by atoms with Gasteiger partial charge in [0.2, 0.25) is 10.0 Å². The number of sulfonamides is 1. The first-order chi connectivity index (χ1) is 9.88. The van der Waals surface area contributed by atoms with E-state index in [9.17, 15) is 8.42 Å². The second-order valence-electron chi connectivity index (χ2n) is 4.63. The fourth-order valence-electron chi connectivity index (χ4n) is 1.88. The lowest BCUT2D eigenvalue weighted by atomic mass is 10.1. The zero-order chi connectivity index (χ0) is 15.5. The minimum atomic E-state index is -3.60. The van der Waals surface area contributed by atoms with Crippen molar-refractivity contribution in [3.05, 3.63) is 45.7 Å². The van der Waals surface area contributed by atoms with E-state index in [2.05, 4.69) is 14.9 Å². The van der Waals surface area contributed by atoms with Gasteiger partial charge in [-0.2, -0.15) is 5.10 Å². The molecule has 0 saturated carbocycles. The molecule has 5 nitrogen and oxygen atoms in total. The monoisotopic (exact) mass is 347 g/mol. The summed E-state index contributed by atoms with van der Waals surface area (Å²) < 4.78 is 26.8. The summed E-state index contributed by atoms with van der Waals surface area (Å²) in [5.74, 6) is 0. The van der Waals surface area contributed by atoms with Crippen LogP contribution in [0.15, 0.2) is 29.3 Å². The number of aryl methyl sites for hydroxylation is 2. The Morgan fingerprint density at radius 1 is 1.24 bits per heavy atom. The third kappa shape index (κ3) is 4.44. The van der Waals surface area contributed by atoms with Crippen LogP contribution in [0.5, 0.6) is 0 Å². The van der Waals surface area contributed by atoms with E-state index >= 15 is 0 Å². The molecule has 0 atom stereocenters. The number of nitrogens with zero attached hydrogens (tertiary/aromatic N) is 1. The van der Waals surface area contributed by atoms with Crippen LogP contribution in [0.4, 0.5) is 0 Å². The maximum absolute atomic E-state index is 12.1. The first-order valence-electron chi connectivity index (χ1n) is 6.33. The highest BCUT2D eigenvalue weighted by Gasteiger charge is 2.15. The fourth-order valence-corrected chi connectivity index (χ4v) is 3.68. The number of rotatable bonds is 6. The third-order valence-corrected chi connectivity index (χ3v) is 4.87. The molecule has 2 aromatic rings. The van der Waals surface area contributed by atoms with Crippen LogP contribution in [0.25, 0.3) is 0 Å². The zero-order valence-corrected chi connectivity index (χ0v) is 13.7. The Hall–Kier alpha value is -1.08. The van der Waals surface area contributed by atoms with Gasteiger partial charge in [-0.1, -0.05) is 23.2 Å². The van der Waals surface area contributed by atoms with Gasteiger partial charge in [-0.05, 0) is 43.5 Å². The maximum atomic E-state index is 12.1. The molecule has 0 aliphatic carbocycles. The summed E-state index contributed by atoms with van der Waals surface area (Å²) in [4.78, 5) is 0.0690. The Kier molecular flexibility index (Phi) is 5.27. The molecule has 0 radical (unpaired) electrons. The number of hydrogen-bond acceptors (Lipinski definition) is 3. The molecule has 21 heavy (non-hydrogen) atoms. The molecule has 1 heterocycles. The van der Waals surface area contributed by atoms with E-state index < -0.39 is 10.0 Å². The van der Waals surface area contributed by atoms with Gasteiger partial charge in [-0.3, -0.25) is 5.10 Å². The first kappa shape index (κ1) is 16.3. The van der Waals surface area contributed by atoms with Gasteiger partial charge < -0.3 is 0 Å². The molecule has 0 spiro atoms. The normalized spacial score (nSPS) is 11.8. The largest absolute Gasteiger partial charge is 0.283 e. The molecule has 0 aliphatic heterocycles. The molecular formula is C13H15Cl2N3O2S. The molecule has 0 fully saturated rings. The first-order valence-corrected chi connectivity index (χ1v) is 8.57. The second-order valence-corrected chi connectivity index (χ2v) is 7.27. The summed E-state index contributed by atoms with van der Waals surface area (Å²) in [6.45, 7) is 2.26. The van der Waals surface area contributed by atoms with Gasteiger partial charge in [0, 0.05) is 22.3 Å². The lowest BCUT2D eigenvalue weighted by Gasteiger charge is -2.07. The summed E-state index contributed by atoms with van der Waals surface area (Å²) in [6.07, 6.45) is 3.18. The average molecular weight is 348 g/mol. The molecule has 114 valence electrons. The number of benzene rings is 1. The van der Waals surface area contributed by atoms with Crippen molar-refractivity contribution in [1.29, 1.82) is 0 Å². The van der Waals surface area contributed by atoms with Gasteiger partial charge in [0.05, 0.1) is 11.1 Å². The van der Waals surface area contributed by atoms with Crippen molar-refractivity contribution in [3.63, 3.8) is 0 Å². The van der Waals surface area contributed by atoms with Crippen molar-refractivity contribution >= 4 is 33.2 Å². The van der Waals surface area contributed by atoms with E-state index in [0.29, 0.717) is 13.0 Å². The van der Waals surface area contributed by atoms with Crippen LogP contribution in [-0.2, 0) is 16.4 Å². The zero-order valence-electron chi connectivity index (χ0n) is 11.4. The second kappa shape index (κ2) is 6.79. The number of aromatic nitrogens is 2. The highest BCUT2D eigenvalue weighted by Crippen LogP contribution is 2.22. The number of halogens is 2. The summed E-state index contributed by atoms with van der Waals surface area (Å²) in [6, 6.07) is 4.23. The molecule has 0 aliphatic rings. The minimum Gasteiger partial charge on any atom is -0.283 e. The summed E-state index contributed by atoms with van der Waals surface area (Å²) in [5.41, 5.74) is 2.08. The third-order valence-electron chi connectivity index (χ3n) is 3.00. The maximum Gasteiger partial charge on any atom is 0.240 e. The highest BCUT2D eigenvalue weighted by atomic mass is 35.5. The molecule has 8 heteroatoms. The Morgan fingerprint density at radius 3 is 2.48 bits per heavy atom. The molecule has 1 aromatic carbocycles. The van der Waals surface area contributed by atoms with Gasteiger partial charge in [0.15, 0.2) is 0 Å². The van der Waals surface area contributed by atoms with Crippen LogP contribution < -0.4 is 4.72 Å². The predicted molar refractivity (Wildman–Crippen MR) is 83.3 cm³/mol. The van der Waals surface area contributed by atoms with E-state index in [4.69, 9.17) is 23.2 Å². The molecule has 2 rings (SSSR count). The Balaban J connectivity index is 1.94. The van der Waals surface area contributed by atoms with Gasteiger partial charge in [0.1, 0.15) is 0 Å². The van der Waals surface area contributed by atoms with E-state index in [1.165, 1.54) is 18.2 Å². The lowest BCUT2D eigenvalue weighted by molar-refractivity contribution is 0.579. The number of H-pyrrole nitrogens is 1. The van der Waals surface area contributed by atoms with Crippen LogP contribution in [0, 0.1) is 6.92 Å². The average Bonchev–Trinajstić information content (AvgIpc) is 2.79. The summed E-state index contributed by atoms with van der Waals surface area (Å²) in [5, 5.41) is 7.35. The van der Waals surface area contributed by atoms with Crippen LogP contribution in [0.1, 0.15) is 17.7 Å². The number of aromatic amines is 1. The Labute approximate surface area is 133 Å². The Morgan fingerprint density at radius 2 is 1.90 bits per heavy atom. The summed E-state index contributed by atoms with van der Waals surface area (Å²) >= 11 is 11.6. The highest BCUT2D eigenvalue weighted by molar-refractivity contribution is 7.89. The van der Waals surface area contributed by atoms with Crippen molar-refractivity contribution in [2.24, 2.45) is 0 Å². The molecular weight excluding hydrogens is 333 g/mol. The molecule has 2 N–H and O–H groups in total. The molecule has 1 aromatic heterocycles. The molecule has 0 unspecified atom stereocenters. The van der Waals surface area contributed by atoms with E-state index in [1.807, 2.05) is 6.92 Å². The quantitative estimate of drug-likeness (QED) is 0.788. The van der Waals surface area contributed by atoms with Crippen molar-refractivity contribution in [2.75, 3.05) is 6.54 Å². The fraction of sp³-hybridized carbons (Fsp3) is 0.308. The van der Waals surface area contributed by atoms with Crippen LogP contribution in [0.2, 0.25) is 10.0 Å². The predicted octanol–water partition coefficient (Wildman–Crippen LogP) is 2.94. The Bertz CT molecular complexity index is 709. The van der Waals surface area contributed by atoms with Crippen LogP contribution in [0.3, 0.4) is 0 Å². The van der Waals surface area contributed by atoms with Gasteiger partial charge >= 0.3 is 0 Å². The number of nitrogens with one attached hydrogen (secondary N) is 2. The van der Waals surface area contributed by atoms with Gasteiger partial charge in [0.25, 0.3) is 0 Å². The van der Waals surface area contributed by atoms with Gasteiger partial charge in [-0.25, -0.2) is 13.1 Å². The smallest absolute Gasteiger partial charge is 0.240 e. The molecule has 0 saturated heterocycles. The summed E-state index contributed by atoms with van der Waals surface area (Å²) in [7, 11) is -3.60. The van der Waals surface area contributed by atoms with Crippen molar-refractivity contribution in [2.45, 2.75) is 24.7 Å². The lowest BCUT2D eigenvalue weighted by Crippen LogP contribution is -2.25.